The average molecular weight is 393 g/mol. The van der Waals surface area contributed by atoms with Crippen LogP contribution in [0.2, 0.25) is 0 Å². The molecule has 0 aliphatic heterocycles. The van der Waals surface area contributed by atoms with Crippen molar-refractivity contribution in [1.82, 2.24) is 25.0 Å². The van der Waals surface area contributed by atoms with Crippen LogP contribution in [0.3, 0.4) is 0 Å². The lowest BCUT2D eigenvalue weighted by Gasteiger charge is -2.08. The number of benzene rings is 2. The standard InChI is InChI=1S/C20H19N5O2S/c1-13-7-6-10-16(11-13)18-22-21-17(27-18)14(2)28-20-24-23-19(26)25(20)12-15-8-4-3-5-9-15/h3-11,14H,12H2,1-2H3,(H,23,26)/t14-/m1/s1. The summed E-state index contributed by atoms with van der Waals surface area (Å²) in [5.74, 6) is 0.970. The fourth-order valence-corrected chi connectivity index (χ4v) is 3.69. The first-order valence-electron chi connectivity index (χ1n) is 8.86. The lowest BCUT2D eigenvalue weighted by atomic mass is 10.1. The molecule has 0 aliphatic carbocycles. The van der Waals surface area contributed by atoms with E-state index in [4.69, 9.17) is 4.42 Å². The van der Waals surface area contributed by atoms with Crippen LogP contribution in [0.4, 0.5) is 0 Å². The molecule has 2 aromatic heterocycles. The van der Waals surface area contributed by atoms with Gasteiger partial charge in [-0.25, -0.2) is 9.89 Å². The molecule has 4 aromatic rings. The van der Waals surface area contributed by atoms with E-state index in [1.807, 2.05) is 68.4 Å². The van der Waals surface area contributed by atoms with Gasteiger partial charge in [0.2, 0.25) is 11.8 Å². The van der Waals surface area contributed by atoms with Gasteiger partial charge in [0.15, 0.2) is 5.16 Å². The Balaban J connectivity index is 1.53. The lowest BCUT2D eigenvalue weighted by molar-refractivity contribution is 0.508. The number of hydrogen-bond acceptors (Lipinski definition) is 6. The number of thioether (sulfide) groups is 1. The smallest absolute Gasteiger partial charge is 0.344 e. The molecule has 0 fully saturated rings. The molecule has 0 amide bonds. The number of aromatic amines is 1. The molecule has 142 valence electrons. The Bertz CT molecular complexity index is 1130. The molecule has 0 saturated carbocycles. The molecule has 0 bridgehead atoms. The fourth-order valence-electron chi connectivity index (χ4n) is 2.80. The molecule has 0 spiro atoms. The van der Waals surface area contributed by atoms with Crippen LogP contribution in [0.5, 0.6) is 0 Å². The van der Waals surface area contributed by atoms with E-state index in [9.17, 15) is 4.79 Å². The Morgan fingerprint density at radius 3 is 2.75 bits per heavy atom. The fraction of sp³-hybridized carbons (Fsp3) is 0.200. The Morgan fingerprint density at radius 1 is 1.14 bits per heavy atom. The maximum atomic E-state index is 12.2. The van der Waals surface area contributed by atoms with Crippen molar-refractivity contribution in [2.75, 3.05) is 0 Å². The maximum Gasteiger partial charge on any atom is 0.344 e. The summed E-state index contributed by atoms with van der Waals surface area (Å²) >= 11 is 1.40. The van der Waals surface area contributed by atoms with Crippen molar-refractivity contribution in [3.05, 3.63) is 82.1 Å². The van der Waals surface area contributed by atoms with Gasteiger partial charge < -0.3 is 4.42 Å². The summed E-state index contributed by atoms with van der Waals surface area (Å²) in [5, 5.41) is 15.4. The summed E-state index contributed by atoms with van der Waals surface area (Å²) < 4.78 is 7.46. The summed E-state index contributed by atoms with van der Waals surface area (Å²) in [6.45, 7) is 4.41. The molecular weight excluding hydrogens is 374 g/mol. The van der Waals surface area contributed by atoms with Crippen molar-refractivity contribution in [1.29, 1.82) is 0 Å². The highest BCUT2D eigenvalue weighted by atomic mass is 32.2. The van der Waals surface area contributed by atoms with E-state index in [0.717, 1.165) is 16.7 Å². The van der Waals surface area contributed by atoms with Gasteiger partial charge >= 0.3 is 5.69 Å². The van der Waals surface area contributed by atoms with Crippen LogP contribution in [-0.2, 0) is 6.54 Å². The third-order valence-corrected chi connectivity index (χ3v) is 5.32. The number of nitrogens with zero attached hydrogens (tertiary/aromatic N) is 4. The summed E-state index contributed by atoms with van der Waals surface area (Å²) in [6.07, 6.45) is 0. The van der Waals surface area contributed by atoms with Gasteiger partial charge in [-0.05, 0) is 31.5 Å². The van der Waals surface area contributed by atoms with Crippen LogP contribution in [0.15, 0.2) is 69.0 Å². The first-order chi connectivity index (χ1) is 13.6. The van der Waals surface area contributed by atoms with Crippen LogP contribution in [-0.4, -0.2) is 25.0 Å². The summed E-state index contributed by atoms with van der Waals surface area (Å²) in [6, 6.07) is 17.7. The van der Waals surface area contributed by atoms with Gasteiger partial charge in [-0.15, -0.1) is 15.3 Å². The number of aromatic nitrogens is 5. The van der Waals surface area contributed by atoms with Crippen LogP contribution in [0.1, 0.15) is 29.2 Å². The Morgan fingerprint density at radius 2 is 1.96 bits per heavy atom. The normalized spacial score (nSPS) is 12.2. The van der Waals surface area contributed by atoms with Crippen molar-refractivity contribution in [3.63, 3.8) is 0 Å². The van der Waals surface area contributed by atoms with Gasteiger partial charge in [-0.2, -0.15) is 0 Å². The second-order valence-electron chi connectivity index (χ2n) is 6.46. The van der Waals surface area contributed by atoms with Gasteiger partial charge in [0.25, 0.3) is 0 Å². The molecule has 0 saturated heterocycles. The van der Waals surface area contributed by atoms with Crippen LogP contribution >= 0.6 is 11.8 Å². The predicted octanol–water partition coefficient (Wildman–Crippen LogP) is 3.83. The van der Waals surface area contributed by atoms with E-state index in [-0.39, 0.29) is 10.9 Å². The van der Waals surface area contributed by atoms with E-state index >= 15 is 0 Å². The summed E-state index contributed by atoms with van der Waals surface area (Å²) in [4.78, 5) is 12.2. The van der Waals surface area contributed by atoms with E-state index < -0.39 is 0 Å². The third kappa shape index (κ3) is 3.91. The minimum atomic E-state index is -0.246. The molecule has 1 N–H and O–H groups in total. The molecule has 0 unspecified atom stereocenters. The number of nitrogens with one attached hydrogen (secondary N) is 1. The number of hydrogen-bond donors (Lipinski definition) is 1. The summed E-state index contributed by atoms with van der Waals surface area (Å²) in [5.41, 5.74) is 2.79. The minimum Gasteiger partial charge on any atom is -0.419 e. The topological polar surface area (TPSA) is 89.6 Å². The lowest BCUT2D eigenvalue weighted by Crippen LogP contribution is -2.18. The summed E-state index contributed by atoms with van der Waals surface area (Å²) in [7, 11) is 0. The highest BCUT2D eigenvalue weighted by molar-refractivity contribution is 7.99. The van der Waals surface area contributed by atoms with Crippen molar-refractivity contribution in [2.24, 2.45) is 0 Å². The highest BCUT2D eigenvalue weighted by Gasteiger charge is 2.20. The quantitative estimate of drug-likeness (QED) is 0.501. The van der Waals surface area contributed by atoms with Gasteiger partial charge in [-0.3, -0.25) is 4.57 Å². The molecule has 0 aliphatic rings. The SMILES string of the molecule is Cc1cccc(-c2nnc([C@@H](C)Sc3n[nH]c(=O)n3Cc3ccccc3)o2)c1. The highest BCUT2D eigenvalue weighted by Crippen LogP contribution is 2.33. The number of rotatable bonds is 6. The molecule has 7 nitrogen and oxygen atoms in total. The van der Waals surface area contributed by atoms with Crippen molar-refractivity contribution < 1.29 is 4.42 Å². The molecular formula is C20H19N5O2S. The zero-order valence-electron chi connectivity index (χ0n) is 15.5. The molecule has 0 radical (unpaired) electrons. The number of aryl methyl sites for hydroxylation is 1. The molecule has 2 aromatic carbocycles. The first-order valence-corrected chi connectivity index (χ1v) is 9.74. The van der Waals surface area contributed by atoms with E-state index in [1.54, 1.807) is 4.57 Å². The van der Waals surface area contributed by atoms with Gasteiger partial charge in [0.05, 0.1) is 11.8 Å². The van der Waals surface area contributed by atoms with Gasteiger partial charge in [-0.1, -0.05) is 59.8 Å². The second kappa shape index (κ2) is 7.85. The third-order valence-electron chi connectivity index (χ3n) is 4.24. The zero-order chi connectivity index (χ0) is 19.5. The molecule has 28 heavy (non-hydrogen) atoms. The van der Waals surface area contributed by atoms with Gasteiger partial charge in [0, 0.05) is 5.56 Å². The first kappa shape index (κ1) is 18.2. The van der Waals surface area contributed by atoms with Crippen LogP contribution < -0.4 is 5.69 Å². The Kier molecular flexibility index (Phi) is 5.12. The van der Waals surface area contributed by atoms with Crippen LogP contribution in [0.25, 0.3) is 11.5 Å². The zero-order valence-corrected chi connectivity index (χ0v) is 16.3. The van der Waals surface area contributed by atoms with E-state index in [2.05, 4.69) is 20.4 Å². The van der Waals surface area contributed by atoms with E-state index in [1.165, 1.54) is 11.8 Å². The minimum absolute atomic E-state index is 0.157. The average Bonchev–Trinajstić information content (AvgIpc) is 3.32. The Labute approximate surface area is 165 Å². The molecule has 1 atom stereocenters. The maximum absolute atomic E-state index is 12.2. The predicted molar refractivity (Wildman–Crippen MR) is 107 cm³/mol. The van der Waals surface area contributed by atoms with Crippen molar-refractivity contribution in [2.45, 2.75) is 30.8 Å². The van der Waals surface area contributed by atoms with Gasteiger partial charge in [0.1, 0.15) is 0 Å². The molecule has 2 heterocycles. The van der Waals surface area contributed by atoms with E-state index in [0.29, 0.717) is 23.5 Å². The molecule has 8 heteroatoms. The second-order valence-corrected chi connectivity index (χ2v) is 7.77. The Hall–Kier alpha value is -3.13. The number of H-pyrrole nitrogens is 1. The monoisotopic (exact) mass is 393 g/mol. The largest absolute Gasteiger partial charge is 0.419 e. The van der Waals surface area contributed by atoms with Crippen LogP contribution in [0, 0.1) is 6.92 Å². The van der Waals surface area contributed by atoms with Crippen molar-refractivity contribution >= 4 is 11.8 Å². The molecule has 4 rings (SSSR count). The van der Waals surface area contributed by atoms with Crippen molar-refractivity contribution in [3.8, 4) is 11.5 Å².